The van der Waals surface area contributed by atoms with Gasteiger partial charge in [-0.15, -0.1) is 0 Å². The minimum atomic E-state index is -0.518. The minimum Gasteiger partial charge on any atom is -0.392 e. The van der Waals surface area contributed by atoms with Crippen LogP contribution in [0.4, 0.5) is 0 Å². The Bertz CT molecular complexity index is 362. The summed E-state index contributed by atoms with van der Waals surface area (Å²) >= 11 is 5.15. The molecule has 0 aromatic rings. The van der Waals surface area contributed by atoms with Crippen molar-refractivity contribution in [3.63, 3.8) is 0 Å². The van der Waals surface area contributed by atoms with Crippen molar-refractivity contribution in [3.8, 4) is 0 Å². The van der Waals surface area contributed by atoms with Crippen molar-refractivity contribution in [2.45, 2.75) is 46.5 Å². The molecule has 0 unspecified atom stereocenters. The fraction of sp³-hybridized carbons (Fsp3) is 0.857. The molecule has 18 heavy (non-hydrogen) atoms. The highest BCUT2D eigenvalue weighted by atomic mass is 32.1. The average molecular weight is 268 g/mol. The first-order chi connectivity index (χ1) is 8.27. The largest absolute Gasteiger partial charge is 0.392 e. The number of likely N-dealkylation sites (tertiary alicyclic amines) is 1. The van der Waals surface area contributed by atoms with Gasteiger partial charge in [0.2, 0.25) is 5.91 Å². The Morgan fingerprint density at radius 1 is 1.28 bits per heavy atom. The molecule has 2 N–H and O–H groups in total. The molecule has 2 aliphatic rings. The minimum absolute atomic E-state index is 0.184. The van der Waals surface area contributed by atoms with Crippen LogP contribution in [-0.4, -0.2) is 28.9 Å². The summed E-state index contributed by atoms with van der Waals surface area (Å²) in [5, 5.41) is 0. The molecule has 102 valence electrons. The Hall–Kier alpha value is -0.640. The van der Waals surface area contributed by atoms with E-state index in [1.807, 2.05) is 4.90 Å². The molecule has 2 rings (SSSR count). The van der Waals surface area contributed by atoms with E-state index in [2.05, 4.69) is 20.8 Å². The van der Waals surface area contributed by atoms with Crippen molar-refractivity contribution >= 4 is 23.1 Å². The van der Waals surface area contributed by atoms with Gasteiger partial charge in [0.05, 0.1) is 10.4 Å². The number of piperidine rings is 1. The molecular formula is C14H24N2OS. The van der Waals surface area contributed by atoms with E-state index in [0.29, 0.717) is 16.3 Å². The lowest BCUT2D eigenvalue weighted by Gasteiger charge is -2.48. The van der Waals surface area contributed by atoms with Crippen LogP contribution in [0.2, 0.25) is 0 Å². The van der Waals surface area contributed by atoms with Gasteiger partial charge < -0.3 is 10.6 Å². The number of carbonyl (C=O) groups is 1. The number of nitrogens with zero attached hydrogens (tertiary/aromatic N) is 1. The summed E-state index contributed by atoms with van der Waals surface area (Å²) in [4.78, 5) is 15.0. The number of hydrogen-bond acceptors (Lipinski definition) is 2. The van der Waals surface area contributed by atoms with E-state index in [9.17, 15) is 4.79 Å². The SMILES string of the molecule is CC1CC(C(=O)N2CCC(C)(C)CC2)(C(N)=S)C1. The van der Waals surface area contributed by atoms with E-state index in [1.54, 1.807) is 0 Å². The Morgan fingerprint density at radius 3 is 2.17 bits per heavy atom. The molecule has 4 heteroatoms. The zero-order chi connectivity index (χ0) is 13.6. The Labute approximate surface area is 115 Å². The van der Waals surface area contributed by atoms with Crippen LogP contribution in [0.1, 0.15) is 46.5 Å². The maximum atomic E-state index is 12.7. The Kier molecular flexibility index (Phi) is 3.43. The highest BCUT2D eigenvalue weighted by molar-refractivity contribution is 7.80. The van der Waals surface area contributed by atoms with Crippen LogP contribution in [0.15, 0.2) is 0 Å². The molecule has 0 bridgehead atoms. The first kappa shape index (κ1) is 13.8. The summed E-state index contributed by atoms with van der Waals surface area (Å²) in [6.45, 7) is 8.39. The molecule has 1 aliphatic heterocycles. The van der Waals surface area contributed by atoms with Crippen LogP contribution in [0, 0.1) is 16.7 Å². The third-order valence-corrected chi connectivity index (χ3v) is 5.07. The van der Waals surface area contributed by atoms with Gasteiger partial charge in [0.1, 0.15) is 0 Å². The predicted octanol–water partition coefficient (Wildman–Crippen LogP) is 2.34. The quantitative estimate of drug-likeness (QED) is 0.782. The normalized spacial score (nSPS) is 34.8. The summed E-state index contributed by atoms with van der Waals surface area (Å²) in [6.07, 6.45) is 3.81. The van der Waals surface area contributed by atoms with E-state index in [1.165, 1.54) is 0 Å². The molecule has 1 saturated carbocycles. The molecule has 1 saturated heterocycles. The molecule has 0 atom stereocenters. The number of carbonyl (C=O) groups excluding carboxylic acids is 1. The smallest absolute Gasteiger partial charge is 0.235 e. The summed E-state index contributed by atoms with van der Waals surface area (Å²) in [5.41, 5.74) is 5.68. The van der Waals surface area contributed by atoms with Crippen LogP contribution in [0.25, 0.3) is 0 Å². The van der Waals surface area contributed by atoms with Gasteiger partial charge in [-0.3, -0.25) is 4.79 Å². The van der Waals surface area contributed by atoms with Gasteiger partial charge in [-0.05, 0) is 37.0 Å². The van der Waals surface area contributed by atoms with Crippen LogP contribution in [0.3, 0.4) is 0 Å². The Morgan fingerprint density at radius 2 is 1.78 bits per heavy atom. The van der Waals surface area contributed by atoms with Crippen molar-refractivity contribution in [2.24, 2.45) is 22.5 Å². The average Bonchev–Trinajstić information content (AvgIpc) is 2.23. The number of thiocarbonyl (C=S) groups is 1. The van der Waals surface area contributed by atoms with Crippen molar-refractivity contribution in [1.29, 1.82) is 0 Å². The maximum Gasteiger partial charge on any atom is 0.235 e. The lowest BCUT2D eigenvalue weighted by molar-refractivity contribution is -0.146. The van der Waals surface area contributed by atoms with Gasteiger partial charge in [-0.25, -0.2) is 0 Å². The monoisotopic (exact) mass is 268 g/mol. The summed E-state index contributed by atoms with van der Waals surface area (Å²) in [7, 11) is 0. The van der Waals surface area contributed by atoms with E-state index < -0.39 is 5.41 Å². The maximum absolute atomic E-state index is 12.7. The number of nitrogens with two attached hydrogens (primary N) is 1. The van der Waals surface area contributed by atoms with Crippen LogP contribution in [0.5, 0.6) is 0 Å². The zero-order valence-corrected chi connectivity index (χ0v) is 12.5. The van der Waals surface area contributed by atoms with Gasteiger partial charge in [0, 0.05) is 13.1 Å². The fourth-order valence-electron chi connectivity index (χ4n) is 3.23. The molecule has 0 radical (unpaired) electrons. The Balaban J connectivity index is 2.05. The van der Waals surface area contributed by atoms with Crippen molar-refractivity contribution < 1.29 is 4.79 Å². The standard InChI is InChI=1S/C14H24N2OS/c1-10-8-14(9-10,11(15)18)12(17)16-6-4-13(2,3)5-7-16/h10H,4-9H2,1-3H3,(H2,15,18). The molecule has 0 aromatic heterocycles. The molecule has 2 fully saturated rings. The van der Waals surface area contributed by atoms with Gasteiger partial charge in [0.25, 0.3) is 0 Å². The molecule has 0 spiro atoms. The topological polar surface area (TPSA) is 46.3 Å². The van der Waals surface area contributed by atoms with Crippen LogP contribution < -0.4 is 5.73 Å². The molecule has 3 nitrogen and oxygen atoms in total. The highest BCUT2D eigenvalue weighted by Gasteiger charge is 2.52. The summed E-state index contributed by atoms with van der Waals surface area (Å²) in [6, 6.07) is 0. The lowest BCUT2D eigenvalue weighted by Crippen LogP contribution is -2.58. The first-order valence-corrected chi connectivity index (χ1v) is 7.27. The van der Waals surface area contributed by atoms with Gasteiger partial charge in [0.15, 0.2) is 0 Å². The summed E-state index contributed by atoms with van der Waals surface area (Å²) in [5.74, 6) is 0.750. The second kappa shape index (κ2) is 4.48. The van der Waals surface area contributed by atoms with E-state index in [4.69, 9.17) is 18.0 Å². The fourth-order valence-corrected chi connectivity index (χ4v) is 3.48. The van der Waals surface area contributed by atoms with Crippen LogP contribution >= 0.6 is 12.2 Å². The predicted molar refractivity (Wildman–Crippen MR) is 77.2 cm³/mol. The molecule has 0 aromatic carbocycles. The second-order valence-electron chi connectivity index (χ2n) is 6.92. The third-order valence-electron chi connectivity index (χ3n) is 4.68. The third kappa shape index (κ3) is 2.27. The second-order valence-corrected chi connectivity index (χ2v) is 7.36. The highest BCUT2D eigenvalue weighted by Crippen LogP contribution is 2.47. The lowest BCUT2D eigenvalue weighted by atomic mass is 9.61. The first-order valence-electron chi connectivity index (χ1n) is 6.86. The molecule has 1 amide bonds. The van der Waals surface area contributed by atoms with Gasteiger partial charge in [-0.2, -0.15) is 0 Å². The zero-order valence-electron chi connectivity index (χ0n) is 11.7. The van der Waals surface area contributed by atoms with E-state index in [-0.39, 0.29) is 5.91 Å². The summed E-state index contributed by atoms with van der Waals surface area (Å²) < 4.78 is 0. The number of amides is 1. The van der Waals surface area contributed by atoms with Crippen molar-refractivity contribution in [2.75, 3.05) is 13.1 Å². The molecule has 1 aliphatic carbocycles. The number of hydrogen-bond donors (Lipinski definition) is 1. The number of rotatable bonds is 2. The van der Waals surface area contributed by atoms with Crippen molar-refractivity contribution in [1.82, 2.24) is 4.90 Å². The molecule has 1 heterocycles. The van der Waals surface area contributed by atoms with Gasteiger partial charge in [-0.1, -0.05) is 33.0 Å². The van der Waals surface area contributed by atoms with Crippen molar-refractivity contribution in [3.05, 3.63) is 0 Å². The van der Waals surface area contributed by atoms with Gasteiger partial charge >= 0.3 is 0 Å². The van der Waals surface area contributed by atoms with E-state index >= 15 is 0 Å². The van der Waals surface area contributed by atoms with Crippen LogP contribution in [-0.2, 0) is 4.79 Å². The van der Waals surface area contributed by atoms with E-state index in [0.717, 1.165) is 38.8 Å². The molecular weight excluding hydrogens is 244 g/mol.